The van der Waals surface area contributed by atoms with Crippen molar-refractivity contribution in [3.05, 3.63) is 39.4 Å². The van der Waals surface area contributed by atoms with Crippen molar-refractivity contribution >= 4 is 23.1 Å². The molecule has 2 atom stereocenters. The van der Waals surface area contributed by atoms with Gasteiger partial charge in [0.2, 0.25) is 0 Å². The second-order valence-corrected chi connectivity index (χ2v) is 4.82. The predicted octanol–water partition coefficient (Wildman–Crippen LogP) is 2.64. The molecule has 1 saturated carbocycles. The molecular formula is C12H12N2OS. The third-order valence-corrected chi connectivity index (χ3v) is 3.53. The molecule has 0 saturated heterocycles. The van der Waals surface area contributed by atoms with Gasteiger partial charge in [-0.15, -0.1) is 0 Å². The van der Waals surface area contributed by atoms with E-state index in [0.717, 1.165) is 17.3 Å². The monoisotopic (exact) mass is 232 g/mol. The number of para-hydroxylation sites is 1. The van der Waals surface area contributed by atoms with E-state index in [0.29, 0.717) is 16.7 Å². The molecule has 2 aromatic rings. The Bertz CT molecular complexity index is 671. The van der Waals surface area contributed by atoms with Gasteiger partial charge in [-0.3, -0.25) is 9.36 Å². The lowest BCUT2D eigenvalue weighted by atomic mass is 10.2. The lowest BCUT2D eigenvalue weighted by molar-refractivity contribution is 0.642. The van der Waals surface area contributed by atoms with Crippen LogP contribution in [0.3, 0.4) is 0 Å². The molecule has 1 heterocycles. The first-order chi connectivity index (χ1) is 7.68. The number of nitrogens with zero attached hydrogens (tertiary/aromatic N) is 1. The molecule has 82 valence electrons. The number of hydrogen-bond donors (Lipinski definition) is 1. The van der Waals surface area contributed by atoms with Gasteiger partial charge in [-0.05, 0) is 36.7 Å². The van der Waals surface area contributed by atoms with Crippen LogP contribution in [0.25, 0.3) is 10.9 Å². The smallest absolute Gasteiger partial charge is 0.262 e. The number of aromatic nitrogens is 2. The highest BCUT2D eigenvalue weighted by molar-refractivity contribution is 7.71. The van der Waals surface area contributed by atoms with Crippen LogP contribution in [-0.4, -0.2) is 9.55 Å². The van der Waals surface area contributed by atoms with Crippen LogP contribution in [0.4, 0.5) is 0 Å². The minimum absolute atomic E-state index is 0.0358. The number of hydrogen-bond acceptors (Lipinski definition) is 2. The van der Waals surface area contributed by atoms with Crippen molar-refractivity contribution in [2.75, 3.05) is 0 Å². The van der Waals surface area contributed by atoms with Crippen LogP contribution in [-0.2, 0) is 0 Å². The summed E-state index contributed by atoms with van der Waals surface area (Å²) in [5.41, 5.74) is 0.857. The van der Waals surface area contributed by atoms with Gasteiger partial charge < -0.3 is 4.98 Å². The molecular weight excluding hydrogens is 220 g/mol. The molecule has 0 spiro atoms. The largest absolute Gasteiger partial charge is 0.332 e. The summed E-state index contributed by atoms with van der Waals surface area (Å²) in [5, 5.41) is 0.718. The van der Waals surface area contributed by atoms with Crippen LogP contribution in [0.15, 0.2) is 29.1 Å². The van der Waals surface area contributed by atoms with Crippen LogP contribution in [0.2, 0.25) is 0 Å². The first-order valence-electron chi connectivity index (χ1n) is 5.42. The zero-order valence-corrected chi connectivity index (χ0v) is 9.75. The molecule has 0 aliphatic heterocycles. The van der Waals surface area contributed by atoms with Gasteiger partial charge in [0.25, 0.3) is 5.56 Å². The maximum Gasteiger partial charge on any atom is 0.262 e. The summed E-state index contributed by atoms with van der Waals surface area (Å²) in [7, 11) is 0. The average molecular weight is 232 g/mol. The molecule has 16 heavy (non-hydrogen) atoms. The molecule has 4 heteroatoms. The molecule has 1 aliphatic rings. The van der Waals surface area contributed by atoms with E-state index in [1.807, 2.05) is 24.3 Å². The maximum absolute atomic E-state index is 12.3. The van der Waals surface area contributed by atoms with E-state index in [-0.39, 0.29) is 5.56 Å². The first kappa shape index (κ1) is 9.78. The van der Waals surface area contributed by atoms with Crippen LogP contribution >= 0.6 is 12.2 Å². The fourth-order valence-electron chi connectivity index (χ4n) is 2.14. The quantitative estimate of drug-likeness (QED) is 0.767. The standard InChI is InChI=1S/C12H12N2OS/c1-7-6-10(7)14-11(15)8-4-2-3-5-9(8)13-12(14)16/h2-5,7,10H,6H2,1H3,(H,13,16). The topological polar surface area (TPSA) is 37.8 Å². The SMILES string of the molecule is CC1CC1n1c(=S)[nH]c2ccccc2c1=O. The number of benzene rings is 1. The van der Waals surface area contributed by atoms with Gasteiger partial charge in [-0.2, -0.15) is 0 Å². The molecule has 1 aromatic heterocycles. The Morgan fingerprint density at radius 3 is 2.81 bits per heavy atom. The first-order valence-corrected chi connectivity index (χ1v) is 5.83. The normalized spacial score (nSPS) is 23.6. The van der Waals surface area contributed by atoms with Crippen LogP contribution in [0.5, 0.6) is 0 Å². The highest BCUT2D eigenvalue weighted by Crippen LogP contribution is 2.41. The molecule has 3 nitrogen and oxygen atoms in total. The lowest BCUT2D eigenvalue weighted by Gasteiger charge is -2.06. The summed E-state index contributed by atoms with van der Waals surface area (Å²) in [6.07, 6.45) is 1.05. The fourth-order valence-corrected chi connectivity index (χ4v) is 2.47. The summed E-state index contributed by atoms with van der Waals surface area (Å²) in [5.74, 6) is 0.564. The van der Waals surface area contributed by atoms with Crippen molar-refractivity contribution in [1.29, 1.82) is 0 Å². The minimum atomic E-state index is 0.0358. The highest BCUT2D eigenvalue weighted by atomic mass is 32.1. The lowest BCUT2D eigenvalue weighted by Crippen LogP contribution is -2.21. The molecule has 1 fully saturated rings. The van der Waals surface area contributed by atoms with Gasteiger partial charge in [0, 0.05) is 6.04 Å². The third-order valence-electron chi connectivity index (χ3n) is 3.24. The number of aromatic amines is 1. The van der Waals surface area contributed by atoms with Crippen LogP contribution < -0.4 is 5.56 Å². The zero-order chi connectivity index (χ0) is 11.3. The highest BCUT2D eigenvalue weighted by Gasteiger charge is 2.36. The number of nitrogens with one attached hydrogen (secondary N) is 1. The van der Waals surface area contributed by atoms with Gasteiger partial charge >= 0.3 is 0 Å². The Morgan fingerprint density at radius 2 is 2.12 bits per heavy atom. The van der Waals surface area contributed by atoms with Gasteiger partial charge in [0.15, 0.2) is 4.77 Å². The van der Waals surface area contributed by atoms with Crippen molar-refractivity contribution in [3.63, 3.8) is 0 Å². The van der Waals surface area contributed by atoms with Crippen LogP contribution in [0, 0.1) is 10.7 Å². The third kappa shape index (κ3) is 1.33. The summed E-state index contributed by atoms with van der Waals surface area (Å²) in [4.78, 5) is 15.4. The van der Waals surface area contributed by atoms with E-state index < -0.39 is 0 Å². The summed E-state index contributed by atoms with van der Waals surface area (Å²) in [6, 6.07) is 7.79. The molecule has 1 aromatic carbocycles. The zero-order valence-electron chi connectivity index (χ0n) is 8.93. The van der Waals surface area contributed by atoms with Gasteiger partial charge in [0.05, 0.1) is 10.9 Å². The van der Waals surface area contributed by atoms with E-state index in [4.69, 9.17) is 12.2 Å². The van der Waals surface area contributed by atoms with Crippen LogP contribution in [0.1, 0.15) is 19.4 Å². The average Bonchev–Trinajstić information content (AvgIpc) is 2.95. The summed E-state index contributed by atoms with van der Waals surface area (Å²) >= 11 is 5.24. The van der Waals surface area contributed by atoms with Crippen molar-refractivity contribution in [2.24, 2.45) is 5.92 Å². The van der Waals surface area contributed by atoms with Gasteiger partial charge in [-0.25, -0.2) is 0 Å². The molecule has 2 unspecified atom stereocenters. The van der Waals surface area contributed by atoms with E-state index in [1.165, 1.54) is 0 Å². The predicted molar refractivity (Wildman–Crippen MR) is 66.2 cm³/mol. The van der Waals surface area contributed by atoms with E-state index >= 15 is 0 Å². The van der Waals surface area contributed by atoms with Gasteiger partial charge in [0.1, 0.15) is 0 Å². The number of H-pyrrole nitrogens is 1. The summed E-state index contributed by atoms with van der Waals surface area (Å²) in [6.45, 7) is 2.14. The summed E-state index contributed by atoms with van der Waals surface area (Å²) < 4.78 is 2.26. The Balaban J connectivity index is 2.38. The Kier molecular flexibility index (Phi) is 2.01. The van der Waals surface area contributed by atoms with Crippen molar-refractivity contribution < 1.29 is 0 Å². The maximum atomic E-state index is 12.3. The Hall–Kier alpha value is -1.42. The van der Waals surface area contributed by atoms with Crippen molar-refractivity contribution in [2.45, 2.75) is 19.4 Å². The van der Waals surface area contributed by atoms with E-state index in [9.17, 15) is 4.79 Å². The molecule has 0 bridgehead atoms. The second-order valence-electron chi connectivity index (χ2n) is 4.43. The number of rotatable bonds is 1. The van der Waals surface area contributed by atoms with E-state index in [2.05, 4.69) is 11.9 Å². The number of fused-ring (bicyclic) bond motifs is 1. The second kappa shape index (κ2) is 3.28. The molecule has 1 aliphatic carbocycles. The molecule has 0 radical (unpaired) electrons. The molecule has 1 N–H and O–H groups in total. The van der Waals surface area contributed by atoms with Gasteiger partial charge in [-0.1, -0.05) is 19.1 Å². The fraction of sp³-hybridized carbons (Fsp3) is 0.333. The Morgan fingerprint density at radius 1 is 1.44 bits per heavy atom. The molecule has 0 amide bonds. The Labute approximate surface area is 97.7 Å². The minimum Gasteiger partial charge on any atom is -0.332 e. The van der Waals surface area contributed by atoms with Crippen molar-refractivity contribution in [3.8, 4) is 0 Å². The molecule has 3 rings (SSSR count). The van der Waals surface area contributed by atoms with E-state index in [1.54, 1.807) is 4.57 Å². The van der Waals surface area contributed by atoms with Crippen molar-refractivity contribution in [1.82, 2.24) is 9.55 Å².